The van der Waals surface area contributed by atoms with Crippen molar-refractivity contribution < 1.29 is 28.6 Å². The van der Waals surface area contributed by atoms with Gasteiger partial charge in [-0.05, 0) is 45.9 Å². The molecule has 2 amide bonds. The molecule has 3 rings (SSSR count). The summed E-state index contributed by atoms with van der Waals surface area (Å²) in [5.41, 5.74) is 1.15. The Morgan fingerprint density at radius 2 is 1.95 bits per heavy atom. The van der Waals surface area contributed by atoms with Crippen LogP contribution in [-0.2, 0) is 20.7 Å². The van der Waals surface area contributed by atoms with Gasteiger partial charge in [0.15, 0.2) is 11.6 Å². The maximum atomic E-state index is 13.3. The van der Waals surface area contributed by atoms with Gasteiger partial charge >= 0.3 is 5.97 Å². The van der Waals surface area contributed by atoms with Crippen LogP contribution in [0.4, 0.5) is 0 Å². The first-order valence-corrected chi connectivity index (χ1v) is 13.8. The third kappa shape index (κ3) is 8.50. The van der Waals surface area contributed by atoms with Crippen molar-refractivity contribution in [3.05, 3.63) is 65.6 Å². The summed E-state index contributed by atoms with van der Waals surface area (Å²) in [5, 5.41) is 13.5. The minimum absolute atomic E-state index is 0.0249. The van der Waals surface area contributed by atoms with Crippen LogP contribution in [0.2, 0.25) is 0 Å². The van der Waals surface area contributed by atoms with Crippen LogP contribution >= 0.6 is 0 Å². The van der Waals surface area contributed by atoms with E-state index in [1.807, 2.05) is 58.8 Å². The molecular formula is C30H42N4O6. The van der Waals surface area contributed by atoms with E-state index in [0.717, 1.165) is 5.57 Å². The number of oxazole rings is 1. The Kier molecular flexibility index (Phi) is 11.0. The number of amides is 2. The highest BCUT2D eigenvalue weighted by Crippen LogP contribution is 2.25. The molecule has 10 nitrogen and oxygen atoms in total. The molecule has 3 heterocycles. The van der Waals surface area contributed by atoms with E-state index in [1.54, 1.807) is 18.2 Å². The lowest BCUT2D eigenvalue weighted by Crippen LogP contribution is -2.36. The van der Waals surface area contributed by atoms with Gasteiger partial charge in [-0.25, -0.2) is 9.78 Å². The molecule has 2 bridgehead atoms. The second kappa shape index (κ2) is 14.2. The number of nitrogens with one attached hydrogen (secondary N) is 1. The SMILES string of the molecule is CC1=C\[C@@H](O)C[C@@H](N(C)C)Cc2nc(co2)C(=O)N2CCC=C2C(=O)O[C@H](C(C)C)[C@H](C)/C=C/C(=O)NC\C=C\1. The molecule has 1 aromatic heterocycles. The van der Waals surface area contributed by atoms with Crippen molar-refractivity contribution in [2.45, 2.75) is 65.2 Å². The monoisotopic (exact) mass is 554 g/mol. The quantitative estimate of drug-likeness (QED) is 0.535. The Hall–Kier alpha value is -3.50. The lowest BCUT2D eigenvalue weighted by atomic mass is 9.94. The second-order valence-corrected chi connectivity index (χ2v) is 11.0. The number of hydrogen-bond donors (Lipinski definition) is 2. The normalized spacial score (nSPS) is 28.8. The van der Waals surface area contributed by atoms with Gasteiger partial charge < -0.3 is 29.4 Å². The fourth-order valence-corrected chi connectivity index (χ4v) is 4.84. The van der Waals surface area contributed by atoms with Crippen LogP contribution in [-0.4, -0.2) is 83.1 Å². The number of allylic oxidation sites excluding steroid dienone is 2. The first-order valence-electron chi connectivity index (χ1n) is 13.8. The fourth-order valence-electron chi connectivity index (χ4n) is 4.84. The number of cyclic esters (lactones) is 1. The van der Waals surface area contributed by atoms with Gasteiger partial charge in [-0.15, -0.1) is 0 Å². The highest BCUT2D eigenvalue weighted by Gasteiger charge is 2.33. The zero-order valence-electron chi connectivity index (χ0n) is 24.3. The lowest BCUT2D eigenvalue weighted by Gasteiger charge is -2.27. The zero-order valence-corrected chi connectivity index (χ0v) is 24.3. The molecule has 0 spiro atoms. The predicted octanol–water partition coefficient (Wildman–Crippen LogP) is 3.02. The molecule has 0 unspecified atom stereocenters. The van der Waals surface area contributed by atoms with E-state index in [1.165, 1.54) is 17.2 Å². The van der Waals surface area contributed by atoms with E-state index in [0.29, 0.717) is 38.2 Å². The molecule has 4 atom stereocenters. The van der Waals surface area contributed by atoms with Crippen molar-refractivity contribution in [1.82, 2.24) is 20.1 Å². The van der Waals surface area contributed by atoms with Crippen LogP contribution in [0.25, 0.3) is 0 Å². The molecule has 2 N–H and O–H groups in total. The van der Waals surface area contributed by atoms with E-state index >= 15 is 0 Å². The van der Waals surface area contributed by atoms with Gasteiger partial charge in [0, 0.05) is 31.5 Å². The Bertz CT molecular complexity index is 1180. The summed E-state index contributed by atoms with van der Waals surface area (Å²) in [6.45, 7) is 8.31. The third-order valence-electron chi connectivity index (χ3n) is 7.06. The fraction of sp³-hybridized carbons (Fsp3) is 0.533. The average molecular weight is 555 g/mol. The number of hydrogen-bond acceptors (Lipinski definition) is 8. The summed E-state index contributed by atoms with van der Waals surface area (Å²) in [5.74, 6) is -1.19. The number of likely N-dealkylation sites (N-methyl/N-ethyl adjacent to an activating group) is 1. The number of ether oxygens (including phenoxy) is 1. The van der Waals surface area contributed by atoms with Crippen LogP contribution in [0.5, 0.6) is 0 Å². The van der Waals surface area contributed by atoms with Crippen LogP contribution in [0.3, 0.4) is 0 Å². The molecule has 40 heavy (non-hydrogen) atoms. The van der Waals surface area contributed by atoms with Crippen LogP contribution in [0.15, 0.2) is 58.4 Å². The molecule has 0 fully saturated rings. The Balaban J connectivity index is 1.90. The van der Waals surface area contributed by atoms with E-state index in [-0.39, 0.29) is 35.2 Å². The van der Waals surface area contributed by atoms with Gasteiger partial charge in [0.05, 0.1) is 6.10 Å². The van der Waals surface area contributed by atoms with E-state index in [4.69, 9.17) is 9.15 Å². The van der Waals surface area contributed by atoms with Crippen molar-refractivity contribution in [2.24, 2.45) is 11.8 Å². The molecule has 0 radical (unpaired) electrons. The van der Waals surface area contributed by atoms with Crippen LogP contribution in [0, 0.1) is 11.8 Å². The standard InChI is InChI=1S/C30H42N4O6/c1-19(2)28-21(4)11-12-26(36)31-13-7-9-20(3)15-23(35)16-22(33(5)6)17-27-32-24(18-39-27)29(37)34-14-8-10-25(34)30(38)40-28/h7,9-12,15,18-19,21-23,28,35H,8,13-14,16-17H2,1-6H3,(H,31,36)/b9-7+,12-11+,20-15+/t21-,22-,23-,28-/m1/s1. The largest absolute Gasteiger partial charge is 0.457 e. The summed E-state index contributed by atoms with van der Waals surface area (Å²) in [7, 11) is 3.82. The van der Waals surface area contributed by atoms with Crippen molar-refractivity contribution >= 4 is 17.8 Å². The average Bonchev–Trinajstić information content (AvgIpc) is 3.57. The number of aliphatic hydroxyl groups excluding tert-OH is 1. The summed E-state index contributed by atoms with van der Waals surface area (Å²) in [4.78, 5) is 46.7. The topological polar surface area (TPSA) is 125 Å². The number of carbonyl (C=O) groups is 3. The number of carbonyl (C=O) groups excluding carboxylic acids is 3. The first-order chi connectivity index (χ1) is 19.0. The highest BCUT2D eigenvalue weighted by molar-refractivity contribution is 6.00. The Labute approximate surface area is 236 Å². The number of fused-ring (bicyclic) bond motifs is 3. The number of aliphatic hydroxyl groups is 1. The minimum Gasteiger partial charge on any atom is -0.457 e. The number of nitrogens with zero attached hydrogens (tertiary/aromatic N) is 3. The predicted molar refractivity (Wildman–Crippen MR) is 151 cm³/mol. The van der Waals surface area contributed by atoms with Gasteiger partial charge in [-0.3, -0.25) is 9.59 Å². The number of esters is 1. The second-order valence-electron chi connectivity index (χ2n) is 11.0. The molecule has 2 aliphatic rings. The van der Waals surface area contributed by atoms with Crippen molar-refractivity contribution in [3.63, 3.8) is 0 Å². The molecule has 2 aliphatic heterocycles. The molecule has 0 saturated carbocycles. The maximum Gasteiger partial charge on any atom is 0.355 e. The molecule has 1 aromatic rings. The van der Waals surface area contributed by atoms with Crippen LogP contribution < -0.4 is 5.32 Å². The molecule has 0 aliphatic carbocycles. The smallest absolute Gasteiger partial charge is 0.355 e. The summed E-state index contributed by atoms with van der Waals surface area (Å²) in [6.07, 6.45) is 11.7. The van der Waals surface area contributed by atoms with E-state index in [9.17, 15) is 19.5 Å². The van der Waals surface area contributed by atoms with Gasteiger partial charge in [-0.1, -0.05) is 56.7 Å². The summed E-state index contributed by atoms with van der Waals surface area (Å²) >= 11 is 0. The third-order valence-corrected chi connectivity index (χ3v) is 7.06. The first kappa shape index (κ1) is 31.0. The minimum atomic E-state index is -0.717. The number of rotatable bonds is 2. The zero-order chi connectivity index (χ0) is 29.4. The summed E-state index contributed by atoms with van der Waals surface area (Å²) < 4.78 is 11.5. The lowest BCUT2D eigenvalue weighted by molar-refractivity contribution is -0.149. The van der Waals surface area contributed by atoms with Gasteiger partial charge in [0.1, 0.15) is 18.1 Å². The van der Waals surface area contributed by atoms with Gasteiger partial charge in [0.2, 0.25) is 5.91 Å². The molecular weight excluding hydrogens is 512 g/mol. The molecule has 218 valence electrons. The maximum absolute atomic E-state index is 13.3. The molecule has 0 saturated heterocycles. The summed E-state index contributed by atoms with van der Waals surface area (Å²) in [6, 6.07) is -0.107. The van der Waals surface area contributed by atoms with Gasteiger partial charge in [0.25, 0.3) is 5.91 Å². The Morgan fingerprint density at radius 3 is 2.65 bits per heavy atom. The van der Waals surface area contributed by atoms with Crippen molar-refractivity contribution in [1.29, 1.82) is 0 Å². The Morgan fingerprint density at radius 1 is 1.20 bits per heavy atom. The van der Waals surface area contributed by atoms with Crippen molar-refractivity contribution in [2.75, 3.05) is 27.2 Å². The molecule has 10 heteroatoms. The van der Waals surface area contributed by atoms with Crippen molar-refractivity contribution in [3.8, 4) is 0 Å². The number of aromatic nitrogens is 1. The highest BCUT2D eigenvalue weighted by atomic mass is 16.5. The van der Waals surface area contributed by atoms with Crippen LogP contribution in [0.1, 0.15) is 56.9 Å². The van der Waals surface area contributed by atoms with E-state index in [2.05, 4.69) is 10.3 Å². The van der Waals surface area contributed by atoms with Gasteiger partial charge in [-0.2, -0.15) is 0 Å². The van der Waals surface area contributed by atoms with E-state index < -0.39 is 24.1 Å². The molecule has 0 aromatic carbocycles.